The highest BCUT2D eigenvalue weighted by Gasteiger charge is 2.56. The Hall–Kier alpha value is -2.16. The molecule has 0 radical (unpaired) electrons. The highest BCUT2D eigenvalue weighted by molar-refractivity contribution is 5.84. The molecule has 2 atom stereocenters. The molecule has 3 heterocycles. The van der Waals surface area contributed by atoms with Gasteiger partial charge in [0.05, 0.1) is 12.6 Å². The van der Waals surface area contributed by atoms with Gasteiger partial charge in [-0.05, 0) is 38.5 Å². The Balaban J connectivity index is 1.48. The Morgan fingerprint density at radius 3 is 2.68 bits per heavy atom. The number of hydrogen-bond donors (Lipinski definition) is 0. The Kier molecular flexibility index (Phi) is 2.99. The van der Waals surface area contributed by atoms with Crippen LogP contribution in [0.1, 0.15) is 62.1 Å². The Labute approximate surface area is 145 Å². The van der Waals surface area contributed by atoms with Gasteiger partial charge in [-0.15, -0.1) is 0 Å². The van der Waals surface area contributed by atoms with Crippen LogP contribution in [-0.2, 0) is 4.79 Å². The van der Waals surface area contributed by atoms with Crippen LogP contribution >= 0.6 is 0 Å². The summed E-state index contributed by atoms with van der Waals surface area (Å²) in [4.78, 5) is 19.5. The predicted molar refractivity (Wildman–Crippen MR) is 86.4 cm³/mol. The van der Waals surface area contributed by atoms with Crippen molar-refractivity contribution in [1.82, 2.24) is 9.88 Å². The summed E-state index contributed by atoms with van der Waals surface area (Å²) < 4.78 is 20.5. The van der Waals surface area contributed by atoms with Gasteiger partial charge in [-0.1, -0.05) is 0 Å². The third kappa shape index (κ3) is 2.04. The van der Waals surface area contributed by atoms with E-state index in [2.05, 4.69) is 11.1 Å². The minimum atomic E-state index is -1.04. The Morgan fingerprint density at radius 2 is 2.00 bits per heavy atom. The van der Waals surface area contributed by atoms with Gasteiger partial charge < -0.3 is 9.64 Å². The summed E-state index contributed by atoms with van der Waals surface area (Å²) in [5.41, 5.74) is -0.169. The van der Waals surface area contributed by atoms with Crippen LogP contribution in [0.25, 0.3) is 0 Å². The molecule has 4 bridgehead atoms. The Morgan fingerprint density at radius 1 is 1.28 bits per heavy atom. The lowest BCUT2D eigenvalue weighted by atomic mass is 9.58. The first-order valence-electron chi connectivity index (χ1n) is 9.08. The van der Waals surface area contributed by atoms with Crippen LogP contribution in [0.3, 0.4) is 0 Å². The number of pyridine rings is 1. The average Bonchev–Trinajstić information content (AvgIpc) is 2.99. The van der Waals surface area contributed by atoms with Crippen LogP contribution < -0.4 is 4.74 Å². The van der Waals surface area contributed by atoms with Crippen molar-refractivity contribution in [3.8, 4) is 11.8 Å². The molecule has 1 saturated heterocycles. The summed E-state index contributed by atoms with van der Waals surface area (Å²) in [6.07, 6.45) is 7.39. The molecular formula is C19H20FN3O2. The lowest BCUT2D eigenvalue weighted by Crippen LogP contribution is -2.52. The van der Waals surface area contributed by atoms with Gasteiger partial charge in [0.15, 0.2) is 0 Å². The molecule has 3 aliphatic carbocycles. The number of fused-ring (bicyclic) bond motifs is 7. The third-order valence-corrected chi connectivity index (χ3v) is 6.82. The van der Waals surface area contributed by atoms with Gasteiger partial charge in [0, 0.05) is 29.8 Å². The summed E-state index contributed by atoms with van der Waals surface area (Å²) in [6, 6.07) is 2.05. The monoisotopic (exact) mass is 341 g/mol. The number of ether oxygens (including phenoxy) is 1. The van der Waals surface area contributed by atoms with Crippen LogP contribution in [0.2, 0.25) is 0 Å². The molecule has 4 fully saturated rings. The first kappa shape index (κ1) is 15.1. The molecule has 1 amide bonds. The predicted octanol–water partition coefficient (Wildman–Crippen LogP) is 3.05. The van der Waals surface area contributed by atoms with Gasteiger partial charge in [0.1, 0.15) is 29.2 Å². The first-order chi connectivity index (χ1) is 12.0. The molecule has 0 unspecified atom stereocenters. The third-order valence-electron chi connectivity index (χ3n) is 6.82. The van der Waals surface area contributed by atoms with E-state index in [0.29, 0.717) is 56.4 Å². The smallest absolute Gasteiger partial charge is 0.229 e. The molecule has 5 nitrogen and oxygen atoms in total. The highest BCUT2D eigenvalue weighted by Crippen LogP contribution is 2.56. The first-order valence-corrected chi connectivity index (χ1v) is 9.08. The molecule has 5 aliphatic rings. The molecule has 25 heavy (non-hydrogen) atoms. The SMILES string of the molecule is N#Cc1cncc2c1O[C@H]1C[C@@H]2N(C(=O)C23CCC(F)(CC2)CC3)C1. The number of likely N-dealkylation sites (tertiary alicyclic amines) is 1. The second kappa shape index (κ2) is 4.94. The van der Waals surface area contributed by atoms with Crippen LogP contribution in [0.5, 0.6) is 5.75 Å². The maximum atomic E-state index is 14.5. The van der Waals surface area contributed by atoms with Gasteiger partial charge in [-0.3, -0.25) is 9.78 Å². The molecule has 1 aromatic heterocycles. The van der Waals surface area contributed by atoms with Crippen molar-refractivity contribution < 1.29 is 13.9 Å². The maximum Gasteiger partial charge on any atom is 0.229 e. The molecule has 1 aromatic rings. The van der Waals surface area contributed by atoms with Crippen LogP contribution in [0.4, 0.5) is 4.39 Å². The number of nitriles is 1. The quantitative estimate of drug-likeness (QED) is 0.787. The lowest BCUT2D eigenvalue weighted by Gasteiger charge is -2.50. The normalized spacial score (nSPS) is 38.0. The minimum absolute atomic E-state index is 0.0696. The van der Waals surface area contributed by atoms with E-state index >= 15 is 0 Å². The molecule has 6 heteroatoms. The van der Waals surface area contributed by atoms with Crippen LogP contribution in [0, 0.1) is 16.7 Å². The van der Waals surface area contributed by atoms with E-state index in [-0.39, 0.29) is 18.1 Å². The van der Waals surface area contributed by atoms with E-state index in [9.17, 15) is 14.4 Å². The number of amides is 1. The summed E-state index contributed by atoms with van der Waals surface area (Å²) >= 11 is 0. The lowest BCUT2D eigenvalue weighted by molar-refractivity contribution is -0.154. The second-order valence-electron chi connectivity index (χ2n) is 8.10. The summed E-state index contributed by atoms with van der Waals surface area (Å²) in [5, 5.41) is 9.29. The van der Waals surface area contributed by atoms with Gasteiger partial charge in [-0.25, -0.2) is 4.39 Å². The van der Waals surface area contributed by atoms with E-state index in [1.54, 1.807) is 6.20 Å². The van der Waals surface area contributed by atoms with Gasteiger partial charge in [-0.2, -0.15) is 5.26 Å². The number of carbonyl (C=O) groups is 1. The summed E-state index contributed by atoms with van der Waals surface area (Å²) in [5.74, 6) is 0.738. The maximum absolute atomic E-state index is 14.5. The summed E-state index contributed by atoms with van der Waals surface area (Å²) in [6.45, 7) is 0.547. The number of hydrogen-bond acceptors (Lipinski definition) is 4. The molecule has 0 spiro atoms. The average molecular weight is 341 g/mol. The Bertz CT molecular complexity index is 778. The highest BCUT2D eigenvalue weighted by atomic mass is 19.1. The number of nitrogens with zero attached hydrogens (tertiary/aromatic N) is 3. The zero-order valence-electron chi connectivity index (χ0n) is 14.0. The minimum Gasteiger partial charge on any atom is -0.487 e. The fourth-order valence-electron chi connectivity index (χ4n) is 5.25. The zero-order chi connectivity index (χ0) is 17.2. The van der Waals surface area contributed by atoms with E-state index in [0.717, 1.165) is 12.0 Å². The van der Waals surface area contributed by atoms with E-state index in [1.165, 1.54) is 6.20 Å². The number of carbonyl (C=O) groups excluding carboxylic acids is 1. The van der Waals surface area contributed by atoms with E-state index in [4.69, 9.17) is 4.74 Å². The summed E-state index contributed by atoms with van der Waals surface area (Å²) in [7, 11) is 0. The molecule has 0 N–H and O–H groups in total. The van der Waals surface area contributed by atoms with Crippen molar-refractivity contribution in [3.05, 3.63) is 23.5 Å². The van der Waals surface area contributed by atoms with Crippen molar-refractivity contribution in [2.24, 2.45) is 5.41 Å². The van der Waals surface area contributed by atoms with Crippen molar-refractivity contribution in [2.45, 2.75) is 62.8 Å². The number of alkyl halides is 1. The van der Waals surface area contributed by atoms with Crippen LogP contribution in [0.15, 0.2) is 12.4 Å². The van der Waals surface area contributed by atoms with E-state index in [1.807, 2.05) is 4.90 Å². The van der Waals surface area contributed by atoms with E-state index < -0.39 is 11.1 Å². The topological polar surface area (TPSA) is 66.2 Å². The number of rotatable bonds is 1. The molecule has 130 valence electrons. The van der Waals surface area contributed by atoms with Gasteiger partial charge in [0.25, 0.3) is 0 Å². The zero-order valence-corrected chi connectivity index (χ0v) is 14.0. The molecule has 0 aromatic carbocycles. The molecule has 6 rings (SSSR count). The number of halogens is 1. The largest absolute Gasteiger partial charge is 0.487 e. The van der Waals surface area contributed by atoms with Crippen molar-refractivity contribution in [2.75, 3.05) is 6.54 Å². The van der Waals surface area contributed by atoms with Gasteiger partial charge in [0.2, 0.25) is 5.91 Å². The molecule has 3 saturated carbocycles. The molecule has 2 aliphatic heterocycles. The molecular weight excluding hydrogens is 321 g/mol. The van der Waals surface area contributed by atoms with Gasteiger partial charge >= 0.3 is 0 Å². The fraction of sp³-hybridized carbons (Fsp3) is 0.632. The second-order valence-corrected chi connectivity index (χ2v) is 8.10. The van der Waals surface area contributed by atoms with Crippen molar-refractivity contribution >= 4 is 5.91 Å². The number of aromatic nitrogens is 1. The van der Waals surface area contributed by atoms with Crippen LogP contribution in [-0.4, -0.2) is 34.1 Å². The fourth-order valence-corrected chi connectivity index (χ4v) is 5.25. The van der Waals surface area contributed by atoms with Crippen molar-refractivity contribution in [1.29, 1.82) is 5.26 Å². The van der Waals surface area contributed by atoms with Crippen molar-refractivity contribution in [3.63, 3.8) is 0 Å². The standard InChI is InChI=1S/C19H20FN3O2/c20-19-4-1-18(2-5-19,3-6-19)17(24)23-11-13-7-15(23)14-10-22-9-12(8-21)16(14)25-13/h9-10,13,15H,1-7,11H2/t13-,15-,18?,19?/m0/s1.